The molecular weight excluding hydrogens is 296 g/mol. The van der Waals surface area contributed by atoms with Gasteiger partial charge in [-0.3, -0.25) is 9.59 Å². The number of hydrogen-bond donors (Lipinski definition) is 2. The van der Waals surface area contributed by atoms with Gasteiger partial charge in [0.05, 0.1) is 17.8 Å². The van der Waals surface area contributed by atoms with Gasteiger partial charge in [0, 0.05) is 0 Å². The molecular formula is C17H26N2O2S. The van der Waals surface area contributed by atoms with Crippen molar-refractivity contribution in [2.45, 2.75) is 38.8 Å². The summed E-state index contributed by atoms with van der Waals surface area (Å²) >= 11 is 1.46. The Morgan fingerprint density at radius 3 is 2.41 bits per heavy atom. The zero-order valence-corrected chi connectivity index (χ0v) is 14.4. The van der Waals surface area contributed by atoms with Crippen LogP contribution in [-0.2, 0) is 16.0 Å². The van der Waals surface area contributed by atoms with Gasteiger partial charge in [-0.05, 0) is 30.6 Å². The molecule has 1 aromatic carbocycles. The predicted molar refractivity (Wildman–Crippen MR) is 92.9 cm³/mol. The first-order valence-electron chi connectivity index (χ1n) is 7.55. The normalized spacial score (nSPS) is 13.7. The van der Waals surface area contributed by atoms with Crippen LogP contribution in [0.4, 0.5) is 0 Å². The molecule has 0 spiro atoms. The number of rotatable bonds is 9. The van der Waals surface area contributed by atoms with E-state index in [2.05, 4.69) is 5.32 Å². The summed E-state index contributed by atoms with van der Waals surface area (Å²) in [5.41, 5.74) is 6.93. The number of ketones is 1. The van der Waals surface area contributed by atoms with E-state index in [1.54, 1.807) is 0 Å². The van der Waals surface area contributed by atoms with Crippen LogP contribution in [0, 0.1) is 5.92 Å². The van der Waals surface area contributed by atoms with Crippen molar-refractivity contribution >= 4 is 23.5 Å². The maximum atomic E-state index is 12.3. The summed E-state index contributed by atoms with van der Waals surface area (Å²) in [4.78, 5) is 24.4. The molecule has 0 heterocycles. The van der Waals surface area contributed by atoms with E-state index in [1.165, 1.54) is 11.8 Å². The number of amides is 1. The topological polar surface area (TPSA) is 72.2 Å². The third kappa shape index (κ3) is 6.62. The zero-order valence-electron chi connectivity index (χ0n) is 13.5. The standard InChI is InChI=1S/C17H26N2O2S/c1-12(2)9-14(18)17(21)19-15(16(20)11-22-3)10-13-7-5-4-6-8-13/h4-8,12,14-15H,9-11,18H2,1-3H3,(H,19,21). The lowest BCUT2D eigenvalue weighted by atomic mass is 10.0. The molecule has 3 N–H and O–H groups in total. The highest BCUT2D eigenvalue weighted by molar-refractivity contribution is 7.99. The number of nitrogens with one attached hydrogen (secondary N) is 1. The average Bonchev–Trinajstić information content (AvgIpc) is 2.47. The monoisotopic (exact) mass is 322 g/mol. The van der Waals surface area contributed by atoms with Crippen LogP contribution in [0.5, 0.6) is 0 Å². The summed E-state index contributed by atoms with van der Waals surface area (Å²) in [6.45, 7) is 4.04. The largest absolute Gasteiger partial charge is 0.345 e. The molecule has 0 aliphatic rings. The fourth-order valence-electron chi connectivity index (χ4n) is 2.23. The molecule has 0 aliphatic heterocycles. The molecule has 0 aromatic heterocycles. The van der Waals surface area contributed by atoms with Crippen molar-refractivity contribution in [3.8, 4) is 0 Å². The van der Waals surface area contributed by atoms with Crippen molar-refractivity contribution in [2.24, 2.45) is 11.7 Å². The molecule has 1 aromatic rings. The molecule has 0 aliphatic carbocycles. The number of Topliss-reactive ketones (excluding diaryl/α,β-unsaturated/α-hetero) is 1. The van der Waals surface area contributed by atoms with Crippen LogP contribution >= 0.6 is 11.8 Å². The first-order valence-corrected chi connectivity index (χ1v) is 8.95. The van der Waals surface area contributed by atoms with Gasteiger partial charge in [0.15, 0.2) is 5.78 Å². The highest BCUT2D eigenvalue weighted by Crippen LogP contribution is 2.08. The average molecular weight is 322 g/mol. The van der Waals surface area contributed by atoms with E-state index in [0.717, 1.165) is 5.56 Å². The molecule has 0 saturated carbocycles. The van der Waals surface area contributed by atoms with Crippen LogP contribution in [0.2, 0.25) is 0 Å². The van der Waals surface area contributed by atoms with Crippen LogP contribution in [0.25, 0.3) is 0 Å². The fourth-order valence-corrected chi connectivity index (χ4v) is 2.72. The lowest BCUT2D eigenvalue weighted by Crippen LogP contribution is -2.50. The molecule has 0 saturated heterocycles. The van der Waals surface area contributed by atoms with Gasteiger partial charge in [0.1, 0.15) is 0 Å². The van der Waals surface area contributed by atoms with Crippen molar-refractivity contribution in [2.75, 3.05) is 12.0 Å². The third-order valence-electron chi connectivity index (χ3n) is 3.34. The maximum absolute atomic E-state index is 12.3. The van der Waals surface area contributed by atoms with E-state index in [-0.39, 0.29) is 11.7 Å². The van der Waals surface area contributed by atoms with Crippen molar-refractivity contribution in [3.63, 3.8) is 0 Å². The Morgan fingerprint density at radius 1 is 1.23 bits per heavy atom. The summed E-state index contributed by atoms with van der Waals surface area (Å²) in [5, 5.41) is 2.83. The minimum absolute atomic E-state index is 0.0291. The van der Waals surface area contributed by atoms with E-state index < -0.39 is 12.1 Å². The quantitative estimate of drug-likeness (QED) is 0.729. The Morgan fingerprint density at radius 2 is 1.86 bits per heavy atom. The van der Waals surface area contributed by atoms with Gasteiger partial charge in [-0.15, -0.1) is 0 Å². The maximum Gasteiger partial charge on any atom is 0.237 e. The molecule has 0 radical (unpaired) electrons. The summed E-state index contributed by atoms with van der Waals surface area (Å²) in [6.07, 6.45) is 2.99. The van der Waals surface area contributed by atoms with Gasteiger partial charge in [-0.2, -0.15) is 11.8 Å². The van der Waals surface area contributed by atoms with Crippen LogP contribution in [0.1, 0.15) is 25.8 Å². The van der Waals surface area contributed by atoms with Gasteiger partial charge in [-0.25, -0.2) is 0 Å². The summed E-state index contributed by atoms with van der Waals surface area (Å²) in [6, 6.07) is 8.62. The van der Waals surface area contributed by atoms with Crippen molar-refractivity contribution in [1.29, 1.82) is 0 Å². The Hall–Kier alpha value is -1.33. The van der Waals surface area contributed by atoms with Crippen LogP contribution in [-0.4, -0.2) is 35.8 Å². The van der Waals surface area contributed by atoms with E-state index >= 15 is 0 Å². The molecule has 4 nitrogen and oxygen atoms in total. The molecule has 1 amide bonds. The highest BCUT2D eigenvalue weighted by Gasteiger charge is 2.23. The Balaban J connectivity index is 2.73. The van der Waals surface area contributed by atoms with Gasteiger partial charge in [0.25, 0.3) is 0 Å². The van der Waals surface area contributed by atoms with Crippen LogP contribution in [0.3, 0.4) is 0 Å². The summed E-state index contributed by atoms with van der Waals surface area (Å²) in [7, 11) is 0. The minimum atomic E-state index is -0.569. The predicted octanol–water partition coefficient (Wildman–Crippen LogP) is 2.02. The summed E-state index contributed by atoms with van der Waals surface area (Å²) < 4.78 is 0. The number of carbonyl (C=O) groups excluding carboxylic acids is 2. The van der Waals surface area contributed by atoms with Crippen molar-refractivity contribution < 1.29 is 9.59 Å². The SMILES string of the molecule is CSCC(=O)C(Cc1ccccc1)NC(=O)C(N)CC(C)C. The molecule has 2 unspecified atom stereocenters. The Labute approximate surface area is 137 Å². The fraction of sp³-hybridized carbons (Fsp3) is 0.529. The molecule has 0 bridgehead atoms. The summed E-state index contributed by atoms with van der Waals surface area (Å²) in [5.74, 6) is 0.512. The van der Waals surface area contributed by atoms with Gasteiger partial charge >= 0.3 is 0 Å². The number of thioether (sulfide) groups is 1. The molecule has 122 valence electrons. The second-order valence-corrected chi connectivity index (χ2v) is 6.75. The number of benzene rings is 1. The van der Waals surface area contributed by atoms with Crippen LogP contribution in [0.15, 0.2) is 30.3 Å². The number of nitrogens with two attached hydrogens (primary N) is 1. The highest BCUT2D eigenvalue weighted by atomic mass is 32.2. The van der Waals surface area contributed by atoms with Crippen LogP contribution < -0.4 is 11.1 Å². The van der Waals surface area contributed by atoms with Gasteiger partial charge in [0.2, 0.25) is 5.91 Å². The van der Waals surface area contributed by atoms with E-state index in [9.17, 15) is 9.59 Å². The number of carbonyl (C=O) groups is 2. The van der Waals surface area contributed by atoms with E-state index in [0.29, 0.717) is 24.5 Å². The van der Waals surface area contributed by atoms with E-state index in [4.69, 9.17) is 5.73 Å². The first kappa shape index (κ1) is 18.7. The second kappa shape index (κ2) is 9.64. The minimum Gasteiger partial charge on any atom is -0.345 e. The van der Waals surface area contributed by atoms with Crippen molar-refractivity contribution in [3.05, 3.63) is 35.9 Å². The van der Waals surface area contributed by atoms with Gasteiger partial charge in [-0.1, -0.05) is 44.2 Å². The molecule has 1 rings (SSSR count). The molecule has 5 heteroatoms. The van der Waals surface area contributed by atoms with Crippen molar-refractivity contribution in [1.82, 2.24) is 5.32 Å². The molecule has 2 atom stereocenters. The van der Waals surface area contributed by atoms with E-state index in [1.807, 2.05) is 50.4 Å². The lowest BCUT2D eigenvalue weighted by Gasteiger charge is -2.21. The zero-order chi connectivity index (χ0) is 16.5. The Kier molecular flexibility index (Phi) is 8.20. The molecule has 22 heavy (non-hydrogen) atoms. The van der Waals surface area contributed by atoms with Gasteiger partial charge < -0.3 is 11.1 Å². The lowest BCUT2D eigenvalue weighted by molar-refractivity contribution is -0.127. The number of hydrogen-bond acceptors (Lipinski definition) is 4. The molecule has 0 fully saturated rings. The third-order valence-corrected chi connectivity index (χ3v) is 3.91. The Bertz CT molecular complexity index is 477. The second-order valence-electron chi connectivity index (χ2n) is 5.89. The first-order chi connectivity index (χ1) is 10.4. The smallest absolute Gasteiger partial charge is 0.237 e.